The third-order valence-electron chi connectivity index (χ3n) is 3.73. The molecule has 0 saturated carbocycles. The molecular weight excluding hydrogens is 258 g/mol. The molecule has 0 bridgehead atoms. The summed E-state index contributed by atoms with van der Waals surface area (Å²) >= 11 is 0. The number of para-hydroxylation sites is 2. The molecule has 0 radical (unpaired) electrons. The maximum atomic E-state index is 6.02. The summed E-state index contributed by atoms with van der Waals surface area (Å²) in [6.07, 6.45) is 1.16. The van der Waals surface area contributed by atoms with Crippen molar-refractivity contribution >= 4 is 5.69 Å². The van der Waals surface area contributed by atoms with Crippen LogP contribution in [0.25, 0.3) is 0 Å². The van der Waals surface area contributed by atoms with Gasteiger partial charge in [-0.15, -0.1) is 0 Å². The molecule has 2 heteroatoms. The molecule has 112 valence electrons. The summed E-state index contributed by atoms with van der Waals surface area (Å²) in [5.41, 5.74) is 5.07. The molecule has 2 aromatic rings. The Labute approximate surface area is 128 Å². The van der Waals surface area contributed by atoms with Gasteiger partial charge < -0.3 is 10.1 Å². The smallest absolute Gasteiger partial charge is 0.122 e. The molecule has 0 spiro atoms. The van der Waals surface area contributed by atoms with Crippen molar-refractivity contribution in [1.29, 1.82) is 0 Å². The van der Waals surface area contributed by atoms with Crippen molar-refractivity contribution < 1.29 is 4.74 Å². The Kier molecular flexibility index (Phi) is 5.26. The topological polar surface area (TPSA) is 21.3 Å². The van der Waals surface area contributed by atoms with E-state index < -0.39 is 0 Å². The highest BCUT2D eigenvalue weighted by Gasteiger charge is 2.08. The summed E-state index contributed by atoms with van der Waals surface area (Å²) in [6, 6.07) is 14.6. The minimum Gasteiger partial charge on any atom is -0.489 e. The molecule has 1 unspecified atom stereocenters. The SMILES string of the molecule is CCc1cccc(C)c1NCC(C)Oc1ccccc1C. The van der Waals surface area contributed by atoms with E-state index in [1.54, 1.807) is 0 Å². The summed E-state index contributed by atoms with van der Waals surface area (Å²) in [4.78, 5) is 0. The Morgan fingerprint density at radius 2 is 1.71 bits per heavy atom. The first-order valence-electron chi connectivity index (χ1n) is 7.66. The van der Waals surface area contributed by atoms with E-state index in [0.717, 1.165) is 18.7 Å². The van der Waals surface area contributed by atoms with Gasteiger partial charge in [-0.2, -0.15) is 0 Å². The number of hydrogen-bond acceptors (Lipinski definition) is 2. The third kappa shape index (κ3) is 4.01. The van der Waals surface area contributed by atoms with Crippen LogP contribution >= 0.6 is 0 Å². The van der Waals surface area contributed by atoms with E-state index in [4.69, 9.17) is 4.74 Å². The summed E-state index contributed by atoms with van der Waals surface area (Å²) in [5, 5.41) is 3.55. The van der Waals surface area contributed by atoms with Gasteiger partial charge in [-0.25, -0.2) is 0 Å². The van der Waals surface area contributed by atoms with Crippen molar-refractivity contribution in [3.63, 3.8) is 0 Å². The zero-order valence-electron chi connectivity index (χ0n) is 13.4. The maximum Gasteiger partial charge on any atom is 0.122 e. The van der Waals surface area contributed by atoms with Crippen molar-refractivity contribution in [3.05, 3.63) is 59.2 Å². The zero-order valence-corrected chi connectivity index (χ0v) is 13.4. The van der Waals surface area contributed by atoms with Gasteiger partial charge in [0.15, 0.2) is 0 Å². The van der Waals surface area contributed by atoms with Crippen molar-refractivity contribution in [3.8, 4) is 5.75 Å². The normalized spacial score (nSPS) is 12.0. The Hall–Kier alpha value is -1.96. The lowest BCUT2D eigenvalue weighted by atomic mass is 10.1. The molecule has 0 heterocycles. The van der Waals surface area contributed by atoms with Crippen molar-refractivity contribution in [1.82, 2.24) is 0 Å². The highest BCUT2D eigenvalue weighted by Crippen LogP contribution is 2.22. The predicted molar refractivity (Wildman–Crippen MR) is 90.3 cm³/mol. The number of rotatable bonds is 6. The molecule has 21 heavy (non-hydrogen) atoms. The minimum absolute atomic E-state index is 0.121. The fourth-order valence-corrected chi connectivity index (χ4v) is 2.47. The van der Waals surface area contributed by atoms with E-state index in [2.05, 4.69) is 57.3 Å². The Morgan fingerprint density at radius 1 is 1.00 bits per heavy atom. The summed E-state index contributed by atoms with van der Waals surface area (Å²) in [6.45, 7) is 9.31. The van der Waals surface area contributed by atoms with Crippen molar-refractivity contribution in [2.75, 3.05) is 11.9 Å². The first-order chi connectivity index (χ1) is 10.1. The number of ether oxygens (including phenoxy) is 1. The Bertz CT molecular complexity index is 592. The first kappa shape index (κ1) is 15.4. The molecule has 1 atom stereocenters. The van der Waals surface area contributed by atoms with E-state index in [1.807, 2.05) is 18.2 Å². The summed E-state index contributed by atoms with van der Waals surface area (Å²) in [5.74, 6) is 0.965. The summed E-state index contributed by atoms with van der Waals surface area (Å²) < 4.78 is 6.02. The molecule has 0 aliphatic rings. The van der Waals surface area contributed by atoms with Gasteiger partial charge in [0.1, 0.15) is 11.9 Å². The average molecular weight is 283 g/mol. The molecule has 0 aromatic heterocycles. The molecule has 0 aliphatic carbocycles. The van der Waals surface area contributed by atoms with Crippen LogP contribution in [0.1, 0.15) is 30.5 Å². The number of anilines is 1. The fourth-order valence-electron chi connectivity index (χ4n) is 2.47. The van der Waals surface area contributed by atoms with Gasteiger partial charge in [0.2, 0.25) is 0 Å². The van der Waals surface area contributed by atoms with Gasteiger partial charge >= 0.3 is 0 Å². The van der Waals surface area contributed by atoms with Crippen LogP contribution in [-0.4, -0.2) is 12.6 Å². The molecule has 1 N–H and O–H groups in total. The van der Waals surface area contributed by atoms with Gasteiger partial charge in [0, 0.05) is 5.69 Å². The number of aryl methyl sites for hydroxylation is 3. The van der Waals surface area contributed by atoms with Gasteiger partial charge in [0.25, 0.3) is 0 Å². The first-order valence-corrected chi connectivity index (χ1v) is 7.66. The number of nitrogens with one attached hydrogen (secondary N) is 1. The second kappa shape index (κ2) is 7.16. The molecule has 0 aliphatic heterocycles. The zero-order chi connectivity index (χ0) is 15.2. The van der Waals surface area contributed by atoms with E-state index in [9.17, 15) is 0 Å². The predicted octanol–water partition coefficient (Wildman–Crippen LogP) is 4.75. The van der Waals surface area contributed by atoms with Crippen LogP contribution in [0.4, 0.5) is 5.69 Å². The summed E-state index contributed by atoms with van der Waals surface area (Å²) in [7, 11) is 0. The van der Waals surface area contributed by atoms with Gasteiger partial charge in [0.05, 0.1) is 6.54 Å². The van der Waals surface area contributed by atoms with E-state index in [-0.39, 0.29) is 6.10 Å². The number of benzene rings is 2. The van der Waals surface area contributed by atoms with Crippen LogP contribution in [0.5, 0.6) is 5.75 Å². The minimum atomic E-state index is 0.121. The van der Waals surface area contributed by atoms with E-state index in [1.165, 1.54) is 22.4 Å². The standard InChI is InChI=1S/C19H25NO/c1-5-17-11-8-10-15(3)19(17)20-13-16(4)21-18-12-7-6-9-14(18)2/h6-12,16,20H,5,13H2,1-4H3. The van der Waals surface area contributed by atoms with Gasteiger partial charge in [-0.1, -0.05) is 43.3 Å². The monoisotopic (exact) mass is 283 g/mol. The van der Waals surface area contributed by atoms with Crippen LogP contribution < -0.4 is 10.1 Å². The molecule has 0 saturated heterocycles. The highest BCUT2D eigenvalue weighted by molar-refractivity contribution is 5.57. The van der Waals surface area contributed by atoms with Crippen molar-refractivity contribution in [2.45, 2.75) is 40.2 Å². The lowest BCUT2D eigenvalue weighted by Gasteiger charge is -2.20. The van der Waals surface area contributed by atoms with Crippen LogP contribution in [0.2, 0.25) is 0 Å². The van der Waals surface area contributed by atoms with Crippen molar-refractivity contribution in [2.24, 2.45) is 0 Å². The number of hydrogen-bond donors (Lipinski definition) is 1. The lowest BCUT2D eigenvalue weighted by Crippen LogP contribution is -2.23. The van der Waals surface area contributed by atoms with E-state index >= 15 is 0 Å². The third-order valence-corrected chi connectivity index (χ3v) is 3.73. The molecule has 0 fully saturated rings. The van der Waals surface area contributed by atoms with E-state index in [0.29, 0.717) is 0 Å². The van der Waals surface area contributed by atoms with Crippen LogP contribution in [-0.2, 0) is 6.42 Å². The van der Waals surface area contributed by atoms with Crippen LogP contribution in [0, 0.1) is 13.8 Å². The Morgan fingerprint density at radius 3 is 2.43 bits per heavy atom. The van der Waals surface area contributed by atoms with Crippen LogP contribution in [0.15, 0.2) is 42.5 Å². The second-order valence-corrected chi connectivity index (χ2v) is 5.54. The van der Waals surface area contributed by atoms with Gasteiger partial charge in [-0.05, 0) is 49.9 Å². The Balaban J connectivity index is 1.99. The fraction of sp³-hybridized carbons (Fsp3) is 0.368. The highest BCUT2D eigenvalue weighted by atomic mass is 16.5. The molecular formula is C19H25NO. The lowest BCUT2D eigenvalue weighted by molar-refractivity contribution is 0.233. The largest absolute Gasteiger partial charge is 0.489 e. The molecule has 2 rings (SSSR count). The van der Waals surface area contributed by atoms with Gasteiger partial charge in [-0.3, -0.25) is 0 Å². The molecule has 0 amide bonds. The van der Waals surface area contributed by atoms with Crippen LogP contribution in [0.3, 0.4) is 0 Å². The quantitative estimate of drug-likeness (QED) is 0.826. The second-order valence-electron chi connectivity index (χ2n) is 5.54. The average Bonchev–Trinajstić information content (AvgIpc) is 2.48. The molecule has 2 nitrogen and oxygen atoms in total. The maximum absolute atomic E-state index is 6.02. The molecule has 2 aromatic carbocycles.